The Morgan fingerprint density at radius 1 is 1.53 bits per heavy atom. The van der Waals surface area contributed by atoms with E-state index in [1.54, 1.807) is 6.07 Å². The van der Waals surface area contributed by atoms with Crippen LogP contribution in [0.25, 0.3) is 11.0 Å². The highest BCUT2D eigenvalue weighted by atomic mass is 32.1. The first-order chi connectivity index (χ1) is 8.11. The molecule has 1 aromatic heterocycles. The highest BCUT2D eigenvalue weighted by molar-refractivity contribution is 7.71. The molecule has 0 radical (unpaired) electrons. The topological polar surface area (TPSA) is 29.9 Å². The number of nitrogens with one attached hydrogen (secondary N) is 1. The molecule has 1 atom stereocenters. The molecule has 1 unspecified atom stereocenters. The minimum atomic E-state index is -0.265. The van der Waals surface area contributed by atoms with Gasteiger partial charge in [-0.15, -0.1) is 0 Å². The largest absolute Gasteiger partial charge is 0.377 e. The van der Waals surface area contributed by atoms with E-state index in [1.807, 2.05) is 18.4 Å². The van der Waals surface area contributed by atoms with Crippen LogP contribution >= 0.6 is 12.2 Å². The van der Waals surface area contributed by atoms with Crippen LogP contribution in [0.3, 0.4) is 0 Å². The second-order valence-electron chi connectivity index (χ2n) is 3.97. The van der Waals surface area contributed by atoms with Crippen LogP contribution in [0, 0.1) is 10.6 Å². The molecule has 92 valence electrons. The number of aromatic nitrogens is 2. The first kappa shape index (κ1) is 12.3. The van der Waals surface area contributed by atoms with Crippen molar-refractivity contribution < 1.29 is 9.13 Å². The van der Waals surface area contributed by atoms with Crippen LogP contribution in [0.5, 0.6) is 0 Å². The molecule has 0 saturated carbocycles. The Hall–Kier alpha value is -1.20. The number of aromatic amines is 1. The summed E-state index contributed by atoms with van der Waals surface area (Å²) in [5, 5.41) is 0. The summed E-state index contributed by atoms with van der Waals surface area (Å²) in [6.45, 7) is 5.29. The Bertz CT molecular complexity index is 575. The van der Waals surface area contributed by atoms with Crippen molar-refractivity contribution >= 4 is 23.3 Å². The van der Waals surface area contributed by atoms with Crippen LogP contribution in [0.15, 0.2) is 18.2 Å². The molecule has 0 spiro atoms. The molecule has 0 amide bonds. The zero-order chi connectivity index (χ0) is 12.4. The molecule has 0 aliphatic rings. The summed E-state index contributed by atoms with van der Waals surface area (Å²) >= 11 is 5.23. The zero-order valence-corrected chi connectivity index (χ0v) is 10.7. The number of fused-ring (bicyclic) bond motifs is 1. The average Bonchev–Trinajstić information content (AvgIpc) is 2.55. The van der Waals surface area contributed by atoms with E-state index < -0.39 is 0 Å². The van der Waals surface area contributed by atoms with Crippen LogP contribution in [-0.4, -0.2) is 22.3 Å². The van der Waals surface area contributed by atoms with Gasteiger partial charge in [-0.2, -0.15) is 0 Å². The van der Waals surface area contributed by atoms with Gasteiger partial charge in [0, 0.05) is 6.61 Å². The second kappa shape index (κ2) is 4.98. The molecule has 0 aliphatic heterocycles. The lowest BCUT2D eigenvalue weighted by molar-refractivity contribution is 0.0645. The number of ether oxygens (including phenoxy) is 1. The molecule has 1 heterocycles. The summed E-state index contributed by atoms with van der Waals surface area (Å²) in [6.07, 6.45) is 0.0794. The molecule has 5 heteroatoms. The van der Waals surface area contributed by atoms with Crippen LogP contribution in [0.4, 0.5) is 4.39 Å². The lowest BCUT2D eigenvalue weighted by Crippen LogP contribution is -2.16. The van der Waals surface area contributed by atoms with Gasteiger partial charge in [0.05, 0.1) is 23.7 Å². The Morgan fingerprint density at radius 3 is 3.00 bits per heavy atom. The number of halogens is 1. The fraction of sp³-hybridized carbons (Fsp3) is 0.417. The van der Waals surface area contributed by atoms with E-state index in [0.29, 0.717) is 17.9 Å². The summed E-state index contributed by atoms with van der Waals surface area (Å²) in [5.41, 5.74) is 1.63. The summed E-state index contributed by atoms with van der Waals surface area (Å²) in [4.78, 5) is 3.00. The molecule has 0 aliphatic carbocycles. The van der Waals surface area contributed by atoms with Gasteiger partial charge in [0.15, 0.2) is 4.77 Å². The fourth-order valence-corrected chi connectivity index (χ4v) is 2.19. The predicted octanol–water partition coefficient (Wildman–Crippen LogP) is 3.26. The molecular formula is C12H15FN2OS. The van der Waals surface area contributed by atoms with Crippen LogP contribution in [0.2, 0.25) is 0 Å². The van der Waals surface area contributed by atoms with E-state index in [-0.39, 0.29) is 11.9 Å². The number of benzene rings is 1. The predicted molar refractivity (Wildman–Crippen MR) is 68.2 cm³/mol. The number of hydrogen-bond acceptors (Lipinski definition) is 2. The summed E-state index contributed by atoms with van der Waals surface area (Å²) in [6, 6.07) is 4.62. The molecule has 0 fully saturated rings. The maximum absolute atomic E-state index is 13.1. The quantitative estimate of drug-likeness (QED) is 0.849. The highest BCUT2D eigenvalue weighted by Crippen LogP contribution is 2.16. The van der Waals surface area contributed by atoms with Crippen molar-refractivity contribution in [3.63, 3.8) is 0 Å². The van der Waals surface area contributed by atoms with Gasteiger partial charge >= 0.3 is 0 Å². The Labute approximate surface area is 104 Å². The van der Waals surface area contributed by atoms with E-state index in [2.05, 4.69) is 4.98 Å². The second-order valence-corrected chi connectivity index (χ2v) is 4.35. The van der Waals surface area contributed by atoms with Gasteiger partial charge in [0.25, 0.3) is 0 Å². The molecular weight excluding hydrogens is 239 g/mol. The Kier molecular flexibility index (Phi) is 3.59. The maximum atomic E-state index is 13.1. The van der Waals surface area contributed by atoms with Crippen molar-refractivity contribution in [2.24, 2.45) is 0 Å². The van der Waals surface area contributed by atoms with Crippen molar-refractivity contribution in [3.8, 4) is 0 Å². The van der Waals surface area contributed by atoms with Crippen molar-refractivity contribution in [3.05, 3.63) is 28.8 Å². The van der Waals surface area contributed by atoms with Gasteiger partial charge in [-0.1, -0.05) is 0 Å². The number of rotatable bonds is 4. The third kappa shape index (κ3) is 2.56. The fourth-order valence-electron chi connectivity index (χ4n) is 1.91. The number of hydrogen-bond donors (Lipinski definition) is 1. The van der Waals surface area contributed by atoms with E-state index in [0.717, 1.165) is 11.0 Å². The van der Waals surface area contributed by atoms with Gasteiger partial charge in [-0.3, -0.25) is 0 Å². The van der Waals surface area contributed by atoms with Crippen LogP contribution in [0.1, 0.15) is 13.8 Å². The lowest BCUT2D eigenvalue weighted by Gasteiger charge is -2.12. The SMILES string of the molecule is CCOC(C)Cn1c(=S)[nH]c2cc(F)ccc21. The van der Waals surface area contributed by atoms with Gasteiger partial charge in [0.2, 0.25) is 0 Å². The Balaban J connectivity index is 2.40. The molecule has 1 aromatic carbocycles. The van der Waals surface area contributed by atoms with Crippen molar-refractivity contribution in [1.82, 2.24) is 9.55 Å². The molecule has 0 saturated heterocycles. The first-order valence-corrected chi connectivity index (χ1v) is 6.02. The van der Waals surface area contributed by atoms with E-state index in [1.165, 1.54) is 12.1 Å². The number of nitrogens with zero attached hydrogens (tertiary/aromatic N) is 1. The third-order valence-corrected chi connectivity index (χ3v) is 2.95. The average molecular weight is 254 g/mol. The molecule has 1 N–H and O–H groups in total. The van der Waals surface area contributed by atoms with Crippen molar-refractivity contribution in [1.29, 1.82) is 0 Å². The van der Waals surface area contributed by atoms with Gasteiger partial charge < -0.3 is 14.3 Å². The minimum Gasteiger partial charge on any atom is -0.377 e. The van der Waals surface area contributed by atoms with Gasteiger partial charge in [0.1, 0.15) is 5.82 Å². The zero-order valence-electron chi connectivity index (χ0n) is 9.87. The van der Waals surface area contributed by atoms with Crippen molar-refractivity contribution in [2.45, 2.75) is 26.5 Å². The van der Waals surface area contributed by atoms with E-state index in [9.17, 15) is 4.39 Å². The summed E-state index contributed by atoms with van der Waals surface area (Å²) in [7, 11) is 0. The van der Waals surface area contributed by atoms with Gasteiger partial charge in [-0.25, -0.2) is 4.39 Å². The number of H-pyrrole nitrogens is 1. The summed E-state index contributed by atoms with van der Waals surface area (Å²) in [5.74, 6) is -0.265. The molecule has 2 aromatic rings. The minimum absolute atomic E-state index is 0.0794. The molecule has 17 heavy (non-hydrogen) atoms. The number of imidazole rings is 1. The monoisotopic (exact) mass is 254 g/mol. The smallest absolute Gasteiger partial charge is 0.178 e. The van der Waals surface area contributed by atoms with E-state index in [4.69, 9.17) is 17.0 Å². The maximum Gasteiger partial charge on any atom is 0.178 e. The molecule has 2 rings (SSSR count). The normalized spacial score (nSPS) is 13.1. The van der Waals surface area contributed by atoms with Crippen LogP contribution in [-0.2, 0) is 11.3 Å². The first-order valence-electron chi connectivity index (χ1n) is 5.61. The standard InChI is InChI=1S/C12H15FN2OS/c1-3-16-8(2)7-15-11-5-4-9(13)6-10(11)14-12(15)17/h4-6,8H,3,7H2,1-2H3,(H,14,17). The van der Waals surface area contributed by atoms with E-state index >= 15 is 0 Å². The lowest BCUT2D eigenvalue weighted by atomic mass is 10.3. The molecule has 0 bridgehead atoms. The molecule has 3 nitrogen and oxygen atoms in total. The summed E-state index contributed by atoms with van der Waals surface area (Å²) < 4.78 is 21.1. The van der Waals surface area contributed by atoms with Gasteiger partial charge in [-0.05, 0) is 44.3 Å². The Morgan fingerprint density at radius 2 is 2.29 bits per heavy atom. The van der Waals surface area contributed by atoms with Crippen LogP contribution < -0.4 is 0 Å². The van der Waals surface area contributed by atoms with Crippen molar-refractivity contribution in [2.75, 3.05) is 6.61 Å². The highest BCUT2D eigenvalue weighted by Gasteiger charge is 2.08. The third-order valence-electron chi connectivity index (χ3n) is 2.63.